The molecule has 5 aromatic rings. The lowest BCUT2D eigenvalue weighted by Gasteiger charge is -2.27. The van der Waals surface area contributed by atoms with Gasteiger partial charge in [-0.3, -0.25) is 23.5 Å². The molecule has 0 bridgehead atoms. The molecule has 3 aromatic heterocycles. The van der Waals surface area contributed by atoms with Crippen LogP contribution in [-0.2, 0) is 23.9 Å². The normalized spacial score (nSPS) is 15.4. The lowest BCUT2D eigenvalue weighted by molar-refractivity contribution is -0.130. The van der Waals surface area contributed by atoms with Gasteiger partial charge >= 0.3 is 6.03 Å². The molecule has 9 nitrogen and oxygen atoms in total. The van der Waals surface area contributed by atoms with Crippen LogP contribution < -0.4 is 10.9 Å². The van der Waals surface area contributed by atoms with Gasteiger partial charge < -0.3 is 5.32 Å². The lowest BCUT2D eigenvalue weighted by Crippen LogP contribution is -2.45. The van der Waals surface area contributed by atoms with E-state index < -0.39 is 17.5 Å². The van der Waals surface area contributed by atoms with Gasteiger partial charge in [0.25, 0.3) is 11.5 Å². The minimum Gasteiger partial charge on any atom is -0.315 e. The number of carbonyl (C=O) groups excluding carboxylic acids is 2. The molecule has 0 atom stereocenters. The quantitative estimate of drug-likeness (QED) is 0.407. The van der Waals surface area contributed by atoms with Crippen molar-refractivity contribution in [3.8, 4) is 0 Å². The van der Waals surface area contributed by atoms with Crippen molar-refractivity contribution in [2.75, 3.05) is 0 Å². The van der Waals surface area contributed by atoms with Crippen LogP contribution in [0.4, 0.5) is 4.79 Å². The molecule has 0 radical (unpaired) electrons. The molecule has 0 saturated carbocycles. The Morgan fingerprint density at radius 3 is 2.21 bits per heavy atom. The van der Waals surface area contributed by atoms with E-state index in [1.54, 1.807) is 11.4 Å². The fourth-order valence-corrected chi connectivity index (χ4v) is 5.40. The highest BCUT2D eigenvalue weighted by Crippen LogP contribution is 2.36. The van der Waals surface area contributed by atoms with Crippen LogP contribution in [-0.4, -0.2) is 36.0 Å². The van der Waals surface area contributed by atoms with E-state index >= 15 is 0 Å². The van der Waals surface area contributed by atoms with Gasteiger partial charge in [-0.1, -0.05) is 60.7 Å². The summed E-state index contributed by atoms with van der Waals surface area (Å²) in [5.74, 6) is 0.322. The van der Waals surface area contributed by atoms with Crippen LogP contribution in [0, 0.1) is 0 Å². The van der Waals surface area contributed by atoms with Crippen molar-refractivity contribution in [1.82, 2.24) is 29.4 Å². The Morgan fingerprint density at radius 2 is 1.56 bits per heavy atom. The van der Waals surface area contributed by atoms with E-state index in [0.29, 0.717) is 32.9 Å². The van der Waals surface area contributed by atoms with Crippen molar-refractivity contribution in [2.45, 2.75) is 12.1 Å². The molecule has 0 aliphatic carbocycles. The third-order valence-corrected chi connectivity index (χ3v) is 7.11. The number of thiophene rings is 1. The molecule has 1 N–H and O–H groups in total. The molecule has 10 heteroatoms. The molecule has 1 fully saturated rings. The Balaban J connectivity index is 1.49. The Bertz CT molecular complexity index is 1600. The number of urea groups is 1. The van der Waals surface area contributed by atoms with Crippen LogP contribution in [0.15, 0.2) is 76.9 Å². The summed E-state index contributed by atoms with van der Waals surface area (Å²) in [6.45, 7) is -0.101. The second-order valence-electron chi connectivity index (χ2n) is 8.05. The van der Waals surface area contributed by atoms with E-state index in [1.165, 1.54) is 15.9 Å². The number of aromatic nitrogens is 4. The zero-order valence-corrected chi connectivity index (χ0v) is 18.8. The highest BCUT2D eigenvalue weighted by Gasteiger charge is 2.53. The first kappa shape index (κ1) is 20.3. The molecule has 34 heavy (non-hydrogen) atoms. The summed E-state index contributed by atoms with van der Waals surface area (Å²) >= 11 is 1.32. The first-order valence-corrected chi connectivity index (χ1v) is 11.5. The summed E-state index contributed by atoms with van der Waals surface area (Å²) in [6.07, 6.45) is 0. The number of hydrogen-bond donors (Lipinski definition) is 1. The SMILES string of the molecule is Cn1c(=O)c2sccc2n2c(CN3C(=O)NC(c4ccccc4)(c4ccccc4)C3=O)nnc12. The van der Waals surface area contributed by atoms with Crippen molar-refractivity contribution in [3.63, 3.8) is 0 Å². The summed E-state index contributed by atoms with van der Waals surface area (Å²) < 4.78 is 3.69. The van der Waals surface area contributed by atoms with Gasteiger partial charge in [0.15, 0.2) is 11.4 Å². The zero-order valence-electron chi connectivity index (χ0n) is 18.0. The second-order valence-corrected chi connectivity index (χ2v) is 8.97. The highest BCUT2D eigenvalue weighted by molar-refractivity contribution is 7.17. The van der Waals surface area contributed by atoms with Gasteiger partial charge in [0.05, 0.1) is 12.1 Å². The first-order chi connectivity index (χ1) is 16.5. The number of amides is 3. The maximum Gasteiger partial charge on any atom is 0.325 e. The van der Waals surface area contributed by atoms with Gasteiger partial charge in [-0.05, 0) is 22.6 Å². The van der Waals surface area contributed by atoms with Crippen LogP contribution >= 0.6 is 11.3 Å². The van der Waals surface area contributed by atoms with Crippen LogP contribution in [0.2, 0.25) is 0 Å². The molecular weight excluding hydrogens is 452 g/mol. The molecule has 1 aliphatic rings. The second kappa shape index (κ2) is 7.35. The van der Waals surface area contributed by atoms with E-state index in [9.17, 15) is 14.4 Å². The molecule has 6 rings (SSSR count). The summed E-state index contributed by atoms with van der Waals surface area (Å²) in [6, 6.07) is 19.6. The molecule has 0 spiro atoms. The number of nitrogens with one attached hydrogen (secondary N) is 1. The van der Waals surface area contributed by atoms with E-state index in [1.807, 2.05) is 72.1 Å². The van der Waals surface area contributed by atoms with Crippen molar-refractivity contribution >= 4 is 39.3 Å². The molecule has 2 aromatic carbocycles. The maximum absolute atomic E-state index is 14.0. The Labute approximate surface area is 196 Å². The maximum atomic E-state index is 14.0. The standard InChI is InChI=1S/C24H18N6O3S/c1-28-20(31)19-17(12-13-34-19)30-18(26-27-22(28)30)14-29-21(32)24(25-23(29)33,15-8-4-2-5-9-15)16-10-6-3-7-11-16/h2-13H,14H2,1H3,(H,25,33). The van der Waals surface area contributed by atoms with Gasteiger partial charge in [0.2, 0.25) is 5.78 Å². The molecule has 0 unspecified atom stereocenters. The summed E-state index contributed by atoms with van der Waals surface area (Å²) in [5, 5.41) is 13.2. The van der Waals surface area contributed by atoms with E-state index in [0.717, 1.165) is 4.90 Å². The average Bonchev–Trinajstić information content (AvgIpc) is 3.57. The van der Waals surface area contributed by atoms with Gasteiger partial charge in [0.1, 0.15) is 4.70 Å². The molecule has 168 valence electrons. The molecular formula is C24H18N6O3S. The third-order valence-electron chi connectivity index (χ3n) is 6.22. The van der Waals surface area contributed by atoms with Crippen LogP contribution in [0.3, 0.4) is 0 Å². The molecule has 1 saturated heterocycles. The van der Waals surface area contributed by atoms with Gasteiger partial charge in [-0.15, -0.1) is 21.5 Å². The fraction of sp³-hybridized carbons (Fsp3) is 0.125. The van der Waals surface area contributed by atoms with Crippen molar-refractivity contribution in [3.05, 3.63) is 99.4 Å². The smallest absolute Gasteiger partial charge is 0.315 e. The predicted molar refractivity (Wildman–Crippen MR) is 126 cm³/mol. The van der Waals surface area contributed by atoms with Crippen molar-refractivity contribution < 1.29 is 9.59 Å². The Morgan fingerprint density at radius 1 is 0.912 bits per heavy atom. The van der Waals surface area contributed by atoms with E-state index in [2.05, 4.69) is 15.5 Å². The minimum atomic E-state index is -1.36. The number of benzene rings is 2. The minimum absolute atomic E-state index is 0.101. The summed E-state index contributed by atoms with van der Waals surface area (Å²) in [7, 11) is 1.62. The number of rotatable bonds is 4. The number of fused-ring (bicyclic) bond motifs is 3. The number of nitrogens with zero attached hydrogens (tertiary/aromatic N) is 5. The van der Waals surface area contributed by atoms with Gasteiger partial charge in [-0.2, -0.15) is 0 Å². The van der Waals surface area contributed by atoms with Crippen LogP contribution in [0.25, 0.3) is 16.0 Å². The fourth-order valence-electron chi connectivity index (χ4n) is 4.55. The van der Waals surface area contributed by atoms with Gasteiger partial charge in [-0.25, -0.2) is 4.79 Å². The summed E-state index contributed by atoms with van der Waals surface area (Å²) in [4.78, 5) is 41.0. The monoisotopic (exact) mass is 470 g/mol. The van der Waals surface area contributed by atoms with E-state index in [4.69, 9.17) is 0 Å². The third kappa shape index (κ3) is 2.69. The Hall–Kier alpha value is -4.31. The Kier molecular flexibility index (Phi) is 4.39. The van der Waals surface area contributed by atoms with Gasteiger partial charge in [0, 0.05) is 7.05 Å². The highest BCUT2D eigenvalue weighted by atomic mass is 32.1. The number of hydrogen-bond acceptors (Lipinski definition) is 6. The lowest BCUT2D eigenvalue weighted by atomic mass is 9.82. The molecule has 1 aliphatic heterocycles. The van der Waals surface area contributed by atoms with E-state index in [-0.39, 0.29) is 12.1 Å². The van der Waals surface area contributed by atoms with Crippen molar-refractivity contribution in [1.29, 1.82) is 0 Å². The summed E-state index contributed by atoms with van der Waals surface area (Å²) in [5.41, 5.74) is 0.447. The van der Waals surface area contributed by atoms with Crippen LogP contribution in [0.5, 0.6) is 0 Å². The number of carbonyl (C=O) groups is 2. The largest absolute Gasteiger partial charge is 0.325 e. The first-order valence-electron chi connectivity index (χ1n) is 10.6. The average molecular weight is 471 g/mol. The zero-order chi connectivity index (χ0) is 23.4. The molecule has 3 amide bonds. The van der Waals surface area contributed by atoms with Crippen LogP contribution in [0.1, 0.15) is 17.0 Å². The number of imide groups is 1. The molecule has 4 heterocycles. The number of aryl methyl sites for hydroxylation is 1. The topological polar surface area (TPSA) is 102 Å². The van der Waals surface area contributed by atoms with Crippen molar-refractivity contribution in [2.24, 2.45) is 7.05 Å². The predicted octanol–water partition coefficient (Wildman–Crippen LogP) is 2.64.